The first-order valence-corrected chi connectivity index (χ1v) is 8.46. The number of sulfonamides is 1. The van der Waals surface area contributed by atoms with Crippen LogP contribution in [-0.4, -0.2) is 43.8 Å². The topological polar surface area (TPSA) is 113 Å². The third-order valence-electron chi connectivity index (χ3n) is 4.24. The summed E-state index contributed by atoms with van der Waals surface area (Å²) in [6.07, 6.45) is 5.63. The lowest BCUT2D eigenvalue weighted by Gasteiger charge is -2.16. The molecule has 0 aromatic heterocycles. The molecule has 114 valence electrons. The van der Waals surface area contributed by atoms with Crippen molar-refractivity contribution in [3.63, 3.8) is 0 Å². The smallest absolute Gasteiger partial charge is 0.255 e. The van der Waals surface area contributed by atoms with Crippen LogP contribution in [0.1, 0.15) is 6.42 Å². The number of carbonyl (C=O) groups is 3. The van der Waals surface area contributed by atoms with E-state index in [1.807, 2.05) is 22.4 Å². The van der Waals surface area contributed by atoms with Gasteiger partial charge in [0, 0.05) is 0 Å². The molecule has 4 atom stereocenters. The Hall–Kier alpha value is -1.74. The average molecular weight is 313 g/mol. The predicted octanol–water partition coefficient (Wildman–Crippen LogP) is -1.63. The molecular weight excluding hydrogens is 298 g/mol. The number of rotatable bonds is 4. The summed E-state index contributed by atoms with van der Waals surface area (Å²) in [7, 11) is -3.58. The summed E-state index contributed by atoms with van der Waals surface area (Å²) >= 11 is 0. The summed E-state index contributed by atoms with van der Waals surface area (Å²) in [5.74, 6) is -1.97. The number of hydrogen-bond donors (Lipinski definition) is 2. The predicted molar refractivity (Wildman–Crippen MR) is 70.6 cm³/mol. The van der Waals surface area contributed by atoms with Gasteiger partial charge in [-0.25, -0.2) is 8.42 Å². The van der Waals surface area contributed by atoms with Gasteiger partial charge < -0.3 is 0 Å². The van der Waals surface area contributed by atoms with Crippen molar-refractivity contribution < 1.29 is 22.8 Å². The summed E-state index contributed by atoms with van der Waals surface area (Å²) in [5, 5.41) is 0. The van der Waals surface area contributed by atoms with Crippen LogP contribution in [0.5, 0.6) is 0 Å². The van der Waals surface area contributed by atoms with Gasteiger partial charge in [-0.15, -0.1) is 4.83 Å². The van der Waals surface area contributed by atoms with E-state index >= 15 is 0 Å². The second kappa shape index (κ2) is 4.63. The molecule has 3 rings (SSSR count). The summed E-state index contributed by atoms with van der Waals surface area (Å²) in [6.45, 7) is -0.466. The zero-order valence-corrected chi connectivity index (χ0v) is 12.1. The fourth-order valence-corrected chi connectivity index (χ4v) is 3.75. The third-order valence-corrected chi connectivity index (χ3v) is 4.71. The van der Waals surface area contributed by atoms with E-state index < -0.39 is 22.5 Å². The van der Waals surface area contributed by atoms with Crippen LogP contribution in [-0.2, 0) is 24.4 Å². The van der Waals surface area contributed by atoms with Crippen molar-refractivity contribution in [2.45, 2.75) is 6.42 Å². The molecule has 0 aromatic rings. The van der Waals surface area contributed by atoms with Crippen LogP contribution in [0.3, 0.4) is 0 Å². The molecule has 0 spiro atoms. The molecule has 2 N–H and O–H groups in total. The number of imide groups is 1. The highest BCUT2D eigenvalue weighted by atomic mass is 32.2. The van der Waals surface area contributed by atoms with E-state index in [4.69, 9.17) is 0 Å². The van der Waals surface area contributed by atoms with Gasteiger partial charge in [-0.05, 0) is 18.3 Å². The van der Waals surface area contributed by atoms with E-state index in [-0.39, 0.29) is 35.5 Å². The zero-order valence-electron chi connectivity index (χ0n) is 11.3. The Morgan fingerprint density at radius 3 is 2.24 bits per heavy atom. The number of amides is 3. The molecule has 9 heteroatoms. The van der Waals surface area contributed by atoms with Crippen LogP contribution < -0.4 is 10.3 Å². The SMILES string of the molecule is CS(=O)(=O)NNC(=O)CN1C(=O)C2C3C=CC(C3)C2C1=O. The van der Waals surface area contributed by atoms with Crippen molar-refractivity contribution in [2.24, 2.45) is 23.7 Å². The van der Waals surface area contributed by atoms with E-state index in [2.05, 4.69) is 0 Å². The zero-order chi connectivity index (χ0) is 15.4. The molecule has 0 radical (unpaired) electrons. The van der Waals surface area contributed by atoms with E-state index in [1.165, 1.54) is 0 Å². The monoisotopic (exact) mass is 313 g/mol. The van der Waals surface area contributed by atoms with Crippen LogP contribution in [0, 0.1) is 23.7 Å². The van der Waals surface area contributed by atoms with Gasteiger partial charge in [-0.3, -0.25) is 24.7 Å². The maximum atomic E-state index is 12.3. The first kappa shape index (κ1) is 14.2. The summed E-state index contributed by atoms with van der Waals surface area (Å²) < 4.78 is 21.7. The van der Waals surface area contributed by atoms with Gasteiger partial charge in [0.1, 0.15) is 6.54 Å². The van der Waals surface area contributed by atoms with Gasteiger partial charge in [0.15, 0.2) is 0 Å². The summed E-state index contributed by atoms with van der Waals surface area (Å²) in [5.41, 5.74) is 1.96. The number of carbonyl (C=O) groups excluding carboxylic acids is 3. The van der Waals surface area contributed by atoms with E-state index in [0.29, 0.717) is 0 Å². The van der Waals surface area contributed by atoms with Gasteiger partial charge >= 0.3 is 0 Å². The first-order chi connectivity index (χ1) is 9.78. The molecular formula is C12H15N3O5S. The van der Waals surface area contributed by atoms with Crippen LogP contribution in [0.15, 0.2) is 12.2 Å². The van der Waals surface area contributed by atoms with Gasteiger partial charge in [0.25, 0.3) is 5.91 Å². The van der Waals surface area contributed by atoms with Crippen molar-refractivity contribution in [3.05, 3.63) is 12.2 Å². The quantitative estimate of drug-likeness (QED) is 0.368. The van der Waals surface area contributed by atoms with E-state index in [0.717, 1.165) is 17.6 Å². The normalized spacial score (nSPS) is 33.7. The van der Waals surface area contributed by atoms with Crippen molar-refractivity contribution in [1.82, 2.24) is 15.2 Å². The van der Waals surface area contributed by atoms with Crippen molar-refractivity contribution in [3.8, 4) is 0 Å². The van der Waals surface area contributed by atoms with Gasteiger partial charge in [-0.2, -0.15) is 0 Å². The number of likely N-dealkylation sites (tertiary alicyclic amines) is 1. The number of nitrogens with one attached hydrogen (secondary N) is 2. The molecule has 21 heavy (non-hydrogen) atoms. The number of hydrazine groups is 1. The highest BCUT2D eigenvalue weighted by Crippen LogP contribution is 2.52. The molecule has 1 saturated heterocycles. The number of fused-ring (bicyclic) bond motifs is 5. The Kier molecular flexibility index (Phi) is 3.14. The van der Waals surface area contributed by atoms with Crippen LogP contribution in [0.2, 0.25) is 0 Å². The van der Waals surface area contributed by atoms with Crippen LogP contribution in [0.4, 0.5) is 0 Å². The molecule has 4 unspecified atom stereocenters. The Balaban J connectivity index is 1.67. The molecule has 2 aliphatic carbocycles. The maximum Gasteiger partial charge on any atom is 0.255 e. The average Bonchev–Trinajstić information content (AvgIpc) is 3.05. The fourth-order valence-electron chi connectivity index (χ4n) is 3.45. The minimum Gasteiger partial charge on any atom is -0.276 e. The van der Waals surface area contributed by atoms with Crippen molar-refractivity contribution >= 4 is 27.7 Å². The lowest BCUT2D eigenvalue weighted by atomic mass is 9.85. The number of hydrogen-bond acceptors (Lipinski definition) is 5. The Morgan fingerprint density at radius 1 is 1.24 bits per heavy atom. The fraction of sp³-hybridized carbons (Fsp3) is 0.583. The van der Waals surface area contributed by atoms with E-state index in [9.17, 15) is 22.8 Å². The van der Waals surface area contributed by atoms with Gasteiger partial charge in [0.2, 0.25) is 21.8 Å². The molecule has 0 aromatic carbocycles. The van der Waals surface area contributed by atoms with Gasteiger partial charge in [-0.1, -0.05) is 12.2 Å². The van der Waals surface area contributed by atoms with Crippen LogP contribution >= 0.6 is 0 Å². The third kappa shape index (κ3) is 2.36. The largest absolute Gasteiger partial charge is 0.276 e. The number of nitrogens with zero attached hydrogens (tertiary/aromatic N) is 1. The molecule has 3 amide bonds. The lowest BCUT2D eigenvalue weighted by molar-refractivity contribution is -0.144. The highest BCUT2D eigenvalue weighted by molar-refractivity contribution is 7.88. The van der Waals surface area contributed by atoms with E-state index in [1.54, 1.807) is 0 Å². The Labute approximate surface area is 121 Å². The summed E-state index contributed by atoms with van der Waals surface area (Å²) in [4.78, 5) is 38.9. The lowest BCUT2D eigenvalue weighted by Crippen LogP contribution is -2.47. The van der Waals surface area contributed by atoms with Crippen molar-refractivity contribution in [1.29, 1.82) is 0 Å². The minimum absolute atomic E-state index is 0.0821. The standard InChI is InChI=1S/C12H15N3O5S/c1-21(19,20)14-13-8(16)5-15-11(17)9-6-2-3-7(4-6)10(9)12(15)18/h2-3,6-7,9-10,14H,4-5H2,1H3,(H,13,16). The highest BCUT2D eigenvalue weighted by Gasteiger charge is 2.59. The maximum absolute atomic E-state index is 12.3. The molecule has 1 aliphatic heterocycles. The molecule has 2 fully saturated rings. The first-order valence-electron chi connectivity index (χ1n) is 6.57. The molecule has 2 bridgehead atoms. The summed E-state index contributed by atoms with van der Waals surface area (Å²) in [6, 6.07) is 0. The van der Waals surface area contributed by atoms with Crippen molar-refractivity contribution in [2.75, 3.05) is 12.8 Å². The molecule has 8 nitrogen and oxygen atoms in total. The Morgan fingerprint density at radius 2 is 1.76 bits per heavy atom. The molecule has 1 heterocycles. The van der Waals surface area contributed by atoms with Crippen LogP contribution in [0.25, 0.3) is 0 Å². The number of allylic oxidation sites excluding steroid dienone is 2. The molecule has 1 saturated carbocycles. The second-order valence-corrected chi connectivity index (χ2v) is 7.43. The second-order valence-electron chi connectivity index (χ2n) is 5.68. The van der Waals surface area contributed by atoms with Gasteiger partial charge in [0.05, 0.1) is 18.1 Å². The molecule has 3 aliphatic rings. The minimum atomic E-state index is -3.58. The Bertz CT molecular complexity index is 626.